The van der Waals surface area contributed by atoms with Crippen molar-refractivity contribution in [2.75, 3.05) is 7.05 Å². The van der Waals surface area contributed by atoms with Crippen molar-refractivity contribution < 1.29 is 4.39 Å². The normalized spacial score (nSPS) is 12.7. The predicted octanol–water partition coefficient (Wildman–Crippen LogP) is 2.18. The minimum atomic E-state index is -0.212. The van der Waals surface area contributed by atoms with E-state index in [1.807, 2.05) is 25.4 Å². The van der Waals surface area contributed by atoms with E-state index in [-0.39, 0.29) is 11.9 Å². The van der Waals surface area contributed by atoms with E-state index >= 15 is 0 Å². The van der Waals surface area contributed by atoms with Gasteiger partial charge in [-0.2, -0.15) is 5.10 Å². The van der Waals surface area contributed by atoms with Gasteiger partial charge in [-0.1, -0.05) is 18.2 Å². The van der Waals surface area contributed by atoms with Crippen molar-refractivity contribution in [1.29, 1.82) is 0 Å². The van der Waals surface area contributed by atoms with E-state index in [1.54, 1.807) is 30.8 Å². The van der Waals surface area contributed by atoms with E-state index in [1.165, 1.54) is 0 Å². The average Bonchev–Trinajstić information content (AvgIpc) is 2.72. The second-order valence-corrected chi connectivity index (χ2v) is 4.11. The molecule has 1 aromatic carbocycles. The molecule has 4 heteroatoms. The van der Waals surface area contributed by atoms with Gasteiger partial charge >= 0.3 is 0 Å². The molecule has 1 N–H and O–H groups in total. The molecule has 1 atom stereocenters. The largest absolute Gasteiger partial charge is 0.308 e. The molecule has 0 aliphatic carbocycles. The molecule has 2 rings (SSSR count). The first kappa shape index (κ1) is 11.8. The lowest BCUT2D eigenvalue weighted by molar-refractivity contribution is 0.559. The molecule has 0 saturated heterocycles. The summed E-state index contributed by atoms with van der Waals surface area (Å²) < 4.78 is 15.8. The lowest BCUT2D eigenvalue weighted by Gasteiger charge is -2.16. The van der Waals surface area contributed by atoms with Gasteiger partial charge in [0.1, 0.15) is 5.82 Å². The van der Waals surface area contributed by atoms with Crippen molar-refractivity contribution in [3.05, 3.63) is 53.1 Å². The van der Waals surface area contributed by atoms with Crippen LogP contribution in [0.25, 0.3) is 0 Å². The van der Waals surface area contributed by atoms with Gasteiger partial charge in [-0.25, -0.2) is 4.39 Å². The quantitative estimate of drug-likeness (QED) is 0.880. The second-order valence-electron chi connectivity index (χ2n) is 4.11. The van der Waals surface area contributed by atoms with Crippen LogP contribution < -0.4 is 5.32 Å². The topological polar surface area (TPSA) is 29.9 Å². The van der Waals surface area contributed by atoms with Crippen molar-refractivity contribution in [2.24, 2.45) is 7.05 Å². The van der Waals surface area contributed by atoms with E-state index in [9.17, 15) is 4.39 Å². The molecule has 2 aromatic rings. The van der Waals surface area contributed by atoms with Crippen molar-refractivity contribution in [3.8, 4) is 0 Å². The Balaban J connectivity index is 2.45. The molecule has 0 spiro atoms. The fraction of sp³-hybridized carbons (Fsp3) is 0.308. The van der Waals surface area contributed by atoms with Crippen molar-refractivity contribution in [1.82, 2.24) is 15.1 Å². The minimum absolute atomic E-state index is 0.169. The third-order valence-electron chi connectivity index (χ3n) is 2.85. The Hall–Kier alpha value is -1.68. The van der Waals surface area contributed by atoms with E-state index in [0.717, 1.165) is 5.69 Å². The average molecular weight is 233 g/mol. The van der Waals surface area contributed by atoms with Crippen molar-refractivity contribution >= 4 is 0 Å². The Kier molecular flexibility index (Phi) is 3.24. The zero-order valence-corrected chi connectivity index (χ0v) is 10.2. The molecule has 90 valence electrons. The molecule has 0 fully saturated rings. The van der Waals surface area contributed by atoms with E-state index in [2.05, 4.69) is 10.4 Å². The monoisotopic (exact) mass is 233 g/mol. The number of nitrogens with one attached hydrogen (secondary N) is 1. The minimum Gasteiger partial charge on any atom is -0.308 e. The van der Waals surface area contributed by atoms with Gasteiger partial charge in [0.25, 0.3) is 0 Å². The Morgan fingerprint density at radius 2 is 2.12 bits per heavy atom. The summed E-state index contributed by atoms with van der Waals surface area (Å²) in [6.45, 7) is 1.77. The van der Waals surface area contributed by atoms with Crippen LogP contribution in [0, 0.1) is 12.7 Å². The van der Waals surface area contributed by atoms with Crippen molar-refractivity contribution in [3.63, 3.8) is 0 Å². The highest BCUT2D eigenvalue weighted by molar-refractivity contribution is 5.32. The molecule has 0 radical (unpaired) electrons. The van der Waals surface area contributed by atoms with Crippen LogP contribution in [0.2, 0.25) is 0 Å². The number of aromatic nitrogens is 2. The van der Waals surface area contributed by atoms with E-state index in [4.69, 9.17) is 0 Å². The molecule has 0 aliphatic heterocycles. The van der Waals surface area contributed by atoms with Gasteiger partial charge < -0.3 is 5.32 Å². The molecular weight excluding hydrogens is 217 g/mol. The lowest BCUT2D eigenvalue weighted by atomic mass is 10.0. The summed E-state index contributed by atoms with van der Waals surface area (Å²) in [4.78, 5) is 0. The molecular formula is C13H16FN3. The molecule has 1 aromatic heterocycles. The smallest absolute Gasteiger partial charge is 0.131 e. The maximum Gasteiger partial charge on any atom is 0.131 e. The Labute approximate surface area is 100 Å². The lowest BCUT2D eigenvalue weighted by Crippen LogP contribution is -2.20. The van der Waals surface area contributed by atoms with Crippen LogP contribution in [0.15, 0.2) is 30.5 Å². The zero-order chi connectivity index (χ0) is 12.4. The fourth-order valence-electron chi connectivity index (χ4n) is 1.94. The molecule has 0 amide bonds. The maximum absolute atomic E-state index is 14.1. The SMILES string of the molecule is CNC(c1ccn(C)n1)c1cccc(C)c1F. The summed E-state index contributed by atoms with van der Waals surface area (Å²) >= 11 is 0. The fourth-order valence-corrected chi connectivity index (χ4v) is 1.94. The first-order chi connectivity index (χ1) is 8.13. The summed E-state index contributed by atoms with van der Waals surface area (Å²) in [5, 5.41) is 7.42. The molecule has 1 unspecified atom stereocenters. The van der Waals surface area contributed by atoms with Crippen LogP contribution in [-0.2, 0) is 7.05 Å². The number of hydrogen-bond acceptors (Lipinski definition) is 2. The zero-order valence-electron chi connectivity index (χ0n) is 10.2. The van der Waals surface area contributed by atoms with Crippen molar-refractivity contribution in [2.45, 2.75) is 13.0 Å². The number of halogens is 1. The Morgan fingerprint density at radius 3 is 2.71 bits per heavy atom. The molecule has 3 nitrogen and oxygen atoms in total. The highest BCUT2D eigenvalue weighted by atomic mass is 19.1. The summed E-state index contributed by atoms with van der Waals surface area (Å²) in [6.07, 6.45) is 1.85. The molecule has 0 bridgehead atoms. The van der Waals surface area contributed by atoms with Gasteiger partial charge in [-0.05, 0) is 25.6 Å². The number of hydrogen-bond donors (Lipinski definition) is 1. The van der Waals surface area contributed by atoms with Crippen LogP contribution in [0.3, 0.4) is 0 Å². The number of benzene rings is 1. The number of aryl methyl sites for hydroxylation is 2. The summed E-state index contributed by atoms with van der Waals surface area (Å²) in [5.41, 5.74) is 2.10. The summed E-state index contributed by atoms with van der Waals surface area (Å²) in [7, 11) is 3.66. The molecule has 0 aliphatic rings. The van der Waals surface area contributed by atoms with Gasteiger partial charge in [0.15, 0.2) is 0 Å². The summed E-state index contributed by atoms with van der Waals surface area (Å²) in [6, 6.07) is 7.10. The standard InChI is InChI=1S/C13H16FN3/c1-9-5-4-6-10(12(9)14)13(15-2)11-7-8-17(3)16-11/h4-8,13,15H,1-3H3. The van der Waals surface area contributed by atoms with Gasteiger partial charge in [-0.3, -0.25) is 4.68 Å². The molecule has 0 saturated carbocycles. The highest BCUT2D eigenvalue weighted by Crippen LogP contribution is 2.24. The van der Waals surface area contributed by atoms with Crippen LogP contribution >= 0.6 is 0 Å². The Bertz CT molecular complexity index is 519. The van der Waals surface area contributed by atoms with Gasteiger partial charge in [-0.15, -0.1) is 0 Å². The van der Waals surface area contributed by atoms with Gasteiger partial charge in [0, 0.05) is 18.8 Å². The van der Waals surface area contributed by atoms with Crippen LogP contribution in [-0.4, -0.2) is 16.8 Å². The van der Waals surface area contributed by atoms with Gasteiger partial charge in [0.2, 0.25) is 0 Å². The van der Waals surface area contributed by atoms with E-state index in [0.29, 0.717) is 11.1 Å². The number of nitrogens with zero attached hydrogens (tertiary/aromatic N) is 2. The summed E-state index contributed by atoms with van der Waals surface area (Å²) in [5.74, 6) is -0.169. The maximum atomic E-state index is 14.1. The second kappa shape index (κ2) is 4.67. The first-order valence-corrected chi connectivity index (χ1v) is 5.55. The van der Waals surface area contributed by atoms with E-state index < -0.39 is 0 Å². The van der Waals surface area contributed by atoms with Gasteiger partial charge in [0.05, 0.1) is 11.7 Å². The first-order valence-electron chi connectivity index (χ1n) is 5.55. The molecule has 17 heavy (non-hydrogen) atoms. The Morgan fingerprint density at radius 1 is 1.35 bits per heavy atom. The third kappa shape index (κ3) is 2.22. The van der Waals surface area contributed by atoms with Crippen LogP contribution in [0.4, 0.5) is 4.39 Å². The molecule has 1 heterocycles. The van der Waals surface area contributed by atoms with Crippen LogP contribution in [0.1, 0.15) is 22.9 Å². The number of rotatable bonds is 3. The third-order valence-corrected chi connectivity index (χ3v) is 2.85. The highest BCUT2D eigenvalue weighted by Gasteiger charge is 2.18. The van der Waals surface area contributed by atoms with Crippen LogP contribution in [0.5, 0.6) is 0 Å². The predicted molar refractivity (Wildman–Crippen MR) is 65.2 cm³/mol.